The molecule has 5 heteroatoms. The first-order valence-electron chi connectivity index (χ1n) is 6.40. The molecule has 0 aliphatic carbocycles. The molecule has 0 aliphatic rings. The Kier molecular flexibility index (Phi) is 4.63. The Morgan fingerprint density at radius 3 is 2.52 bits per heavy atom. The van der Waals surface area contributed by atoms with Crippen molar-refractivity contribution in [2.24, 2.45) is 5.73 Å². The van der Waals surface area contributed by atoms with Crippen molar-refractivity contribution in [1.29, 1.82) is 0 Å². The predicted molar refractivity (Wildman–Crippen MR) is 84.4 cm³/mol. The Morgan fingerprint density at radius 1 is 1.14 bits per heavy atom. The average Bonchev–Trinajstić information content (AvgIpc) is 2.49. The molecule has 0 saturated heterocycles. The van der Waals surface area contributed by atoms with Crippen LogP contribution in [0, 0.1) is 18.8 Å². The van der Waals surface area contributed by atoms with Gasteiger partial charge in [-0.3, -0.25) is 4.72 Å². The van der Waals surface area contributed by atoms with Gasteiger partial charge in [0.25, 0.3) is 10.0 Å². The average molecular weight is 300 g/mol. The molecule has 0 aliphatic heterocycles. The summed E-state index contributed by atoms with van der Waals surface area (Å²) < 4.78 is 27.2. The van der Waals surface area contributed by atoms with Crippen LogP contribution in [0.1, 0.15) is 11.1 Å². The van der Waals surface area contributed by atoms with E-state index in [1.807, 2.05) is 19.1 Å². The molecule has 0 radical (unpaired) electrons. The first kappa shape index (κ1) is 15.1. The molecular weight excluding hydrogens is 284 g/mol. The first-order valence-corrected chi connectivity index (χ1v) is 7.89. The van der Waals surface area contributed by atoms with Gasteiger partial charge in [-0.25, -0.2) is 8.42 Å². The number of anilines is 1. The molecule has 21 heavy (non-hydrogen) atoms. The Labute approximate surface area is 125 Å². The molecule has 0 unspecified atom stereocenters. The summed E-state index contributed by atoms with van der Waals surface area (Å²) in [5.74, 6) is 5.63. The summed E-state index contributed by atoms with van der Waals surface area (Å²) in [5, 5.41) is 0. The number of benzene rings is 2. The molecule has 0 fully saturated rings. The van der Waals surface area contributed by atoms with Gasteiger partial charge in [0, 0.05) is 5.56 Å². The second-order valence-electron chi connectivity index (χ2n) is 4.45. The minimum absolute atomic E-state index is 0.225. The fourth-order valence-corrected chi connectivity index (χ4v) is 2.91. The summed E-state index contributed by atoms with van der Waals surface area (Å²) in [7, 11) is -3.60. The molecule has 2 rings (SSSR count). The largest absolute Gasteiger partial charge is 0.320 e. The van der Waals surface area contributed by atoms with Crippen molar-refractivity contribution in [3.63, 3.8) is 0 Å². The van der Waals surface area contributed by atoms with E-state index in [1.54, 1.807) is 36.4 Å². The third-order valence-corrected chi connectivity index (χ3v) is 4.25. The zero-order valence-corrected chi connectivity index (χ0v) is 12.4. The molecule has 2 aromatic rings. The highest BCUT2D eigenvalue weighted by molar-refractivity contribution is 7.92. The number of rotatable bonds is 3. The van der Waals surface area contributed by atoms with Gasteiger partial charge in [-0.2, -0.15) is 0 Å². The van der Waals surface area contributed by atoms with E-state index in [4.69, 9.17) is 5.73 Å². The van der Waals surface area contributed by atoms with Gasteiger partial charge >= 0.3 is 0 Å². The highest BCUT2D eigenvalue weighted by Crippen LogP contribution is 2.20. The summed E-state index contributed by atoms with van der Waals surface area (Å²) in [6.45, 7) is 2.10. The van der Waals surface area contributed by atoms with Crippen LogP contribution in [-0.4, -0.2) is 15.0 Å². The Hall–Kier alpha value is -2.29. The van der Waals surface area contributed by atoms with Crippen LogP contribution < -0.4 is 10.5 Å². The van der Waals surface area contributed by atoms with Gasteiger partial charge in [0.1, 0.15) is 0 Å². The fraction of sp³-hybridized carbons (Fsp3) is 0.125. The van der Waals surface area contributed by atoms with Crippen LogP contribution in [-0.2, 0) is 10.0 Å². The first-order chi connectivity index (χ1) is 10.0. The number of nitrogens with two attached hydrogens (primary N) is 1. The number of hydrogen-bond donors (Lipinski definition) is 2. The highest BCUT2D eigenvalue weighted by atomic mass is 32.2. The van der Waals surface area contributed by atoms with Crippen molar-refractivity contribution in [1.82, 2.24) is 0 Å². The SMILES string of the molecule is Cc1ccc(C#CCN)cc1NS(=O)(=O)c1ccccc1. The lowest BCUT2D eigenvalue weighted by molar-refractivity contribution is 0.601. The third kappa shape index (κ3) is 3.85. The molecule has 0 bridgehead atoms. The fourth-order valence-electron chi connectivity index (χ4n) is 1.77. The molecule has 108 valence electrons. The summed E-state index contributed by atoms with van der Waals surface area (Å²) in [6.07, 6.45) is 0. The third-order valence-electron chi connectivity index (χ3n) is 2.87. The van der Waals surface area contributed by atoms with Crippen LogP contribution in [0.2, 0.25) is 0 Å². The molecule has 0 amide bonds. The van der Waals surface area contributed by atoms with E-state index in [9.17, 15) is 8.42 Å². The quantitative estimate of drug-likeness (QED) is 0.853. The van der Waals surface area contributed by atoms with Crippen LogP contribution >= 0.6 is 0 Å². The van der Waals surface area contributed by atoms with Crippen molar-refractivity contribution >= 4 is 15.7 Å². The van der Waals surface area contributed by atoms with Gasteiger partial charge in [0.05, 0.1) is 17.1 Å². The number of nitrogens with one attached hydrogen (secondary N) is 1. The van der Waals surface area contributed by atoms with E-state index in [2.05, 4.69) is 16.6 Å². The molecule has 0 spiro atoms. The molecule has 0 aromatic heterocycles. The van der Waals surface area contributed by atoms with Gasteiger partial charge in [-0.15, -0.1) is 0 Å². The van der Waals surface area contributed by atoms with Crippen molar-refractivity contribution < 1.29 is 8.42 Å². The van der Waals surface area contributed by atoms with E-state index in [1.165, 1.54) is 0 Å². The molecule has 0 heterocycles. The van der Waals surface area contributed by atoms with Crippen LogP contribution in [0.15, 0.2) is 53.4 Å². The van der Waals surface area contributed by atoms with Crippen LogP contribution in [0.3, 0.4) is 0 Å². The van der Waals surface area contributed by atoms with Gasteiger partial charge in [0.15, 0.2) is 0 Å². The molecule has 4 nitrogen and oxygen atoms in total. The van der Waals surface area contributed by atoms with E-state index in [0.717, 1.165) is 11.1 Å². The molecule has 3 N–H and O–H groups in total. The lowest BCUT2D eigenvalue weighted by Gasteiger charge is -2.11. The van der Waals surface area contributed by atoms with Crippen LogP contribution in [0.4, 0.5) is 5.69 Å². The van der Waals surface area contributed by atoms with E-state index >= 15 is 0 Å². The Bertz CT molecular complexity index is 788. The summed E-state index contributed by atoms with van der Waals surface area (Å²) >= 11 is 0. The zero-order chi connectivity index (χ0) is 15.3. The normalized spacial score (nSPS) is 10.6. The predicted octanol–water partition coefficient (Wildman–Crippen LogP) is 2.11. The smallest absolute Gasteiger partial charge is 0.261 e. The van der Waals surface area contributed by atoms with Gasteiger partial charge in [-0.05, 0) is 36.8 Å². The topological polar surface area (TPSA) is 72.2 Å². The second kappa shape index (κ2) is 6.44. The van der Waals surface area contributed by atoms with Crippen LogP contribution in [0.25, 0.3) is 0 Å². The van der Waals surface area contributed by atoms with E-state index < -0.39 is 10.0 Å². The zero-order valence-electron chi connectivity index (χ0n) is 11.6. The minimum Gasteiger partial charge on any atom is -0.320 e. The molecule has 0 atom stereocenters. The second-order valence-corrected chi connectivity index (χ2v) is 6.14. The molecule has 0 saturated carbocycles. The lowest BCUT2D eigenvalue weighted by atomic mass is 10.1. The van der Waals surface area contributed by atoms with Gasteiger partial charge < -0.3 is 5.73 Å². The van der Waals surface area contributed by atoms with Gasteiger partial charge in [-0.1, -0.05) is 36.1 Å². The molecular formula is C16H16N2O2S. The number of hydrogen-bond acceptors (Lipinski definition) is 3. The summed E-state index contributed by atoms with van der Waals surface area (Å²) in [6, 6.07) is 13.6. The van der Waals surface area contributed by atoms with Crippen molar-refractivity contribution in [3.8, 4) is 11.8 Å². The standard InChI is InChI=1S/C16H16N2O2S/c1-13-9-10-14(6-5-11-17)12-16(13)18-21(19,20)15-7-3-2-4-8-15/h2-4,7-10,12,18H,11,17H2,1H3. The van der Waals surface area contributed by atoms with E-state index in [-0.39, 0.29) is 11.4 Å². The maximum atomic E-state index is 12.3. The number of sulfonamides is 1. The lowest BCUT2D eigenvalue weighted by Crippen LogP contribution is -2.13. The Morgan fingerprint density at radius 2 is 1.86 bits per heavy atom. The maximum Gasteiger partial charge on any atom is 0.261 e. The van der Waals surface area contributed by atoms with E-state index in [0.29, 0.717) is 5.69 Å². The van der Waals surface area contributed by atoms with Crippen molar-refractivity contribution in [2.75, 3.05) is 11.3 Å². The van der Waals surface area contributed by atoms with Gasteiger partial charge in [0.2, 0.25) is 0 Å². The van der Waals surface area contributed by atoms with Crippen molar-refractivity contribution in [3.05, 3.63) is 59.7 Å². The monoisotopic (exact) mass is 300 g/mol. The number of aryl methyl sites for hydroxylation is 1. The minimum atomic E-state index is -3.60. The van der Waals surface area contributed by atoms with Crippen LogP contribution in [0.5, 0.6) is 0 Å². The Balaban J connectivity index is 2.35. The maximum absolute atomic E-state index is 12.3. The highest BCUT2D eigenvalue weighted by Gasteiger charge is 2.14. The summed E-state index contributed by atoms with van der Waals surface area (Å²) in [4.78, 5) is 0.225. The molecule has 2 aromatic carbocycles. The summed E-state index contributed by atoms with van der Waals surface area (Å²) in [5.41, 5.74) is 7.40. The van der Waals surface area contributed by atoms with Crippen molar-refractivity contribution in [2.45, 2.75) is 11.8 Å².